The van der Waals surface area contributed by atoms with Crippen molar-refractivity contribution in [2.75, 3.05) is 5.73 Å². The highest BCUT2D eigenvalue weighted by Gasteiger charge is 2.13. The molecule has 7 nitrogen and oxygen atoms in total. The second-order valence-corrected chi connectivity index (χ2v) is 5.41. The molecule has 22 heavy (non-hydrogen) atoms. The molecule has 0 spiro atoms. The summed E-state index contributed by atoms with van der Waals surface area (Å²) in [5, 5.41) is 4.25. The van der Waals surface area contributed by atoms with E-state index in [0.29, 0.717) is 17.4 Å². The molecule has 0 aromatic carbocycles. The predicted octanol–water partition coefficient (Wildman–Crippen LogP) is 1.90. The van der Waals surface area contributed by atoms with E-state index in [2.05, 4.69) is 38.9 Å². The van der Waals surface area contributed by atoms with Crippen LogP contribution in [0.4, 0.5) is 5.95 Å². The minimum Gasteiger partial charge on any atom is -0.368 e. The minimum atomic E-state index is 0.244. The zero-order chi connectivity index (χ0) is 15.5. The summed E-state index contributed by atoms with van der Waals surface area (Å²) in [7, 11) is 0. The van der Waals surface area contributed by atoms with Gasteiger partial charge in [-0.2, -0.15) is 5.10 Å². The fourth-order valence-electron chi connectivity index (χ4n) is 2.24. The van der Waals surface area contributed by atoms with Gasteiger partial charge in [-0.1, -0.05) is 13.8 Å². The van der Waals surface area contributed by atoms with Crippen molar-refractivity contribution < 1.29 is 0 Å². The Morgan fingerprint density at radius 3 is 2.86 bits per heavy atom. The van der Waals surface area contributed by atoms with Gasteiger partial charge in [-0.15, -0.1) is 0 Å². The smallest absolute Gasteiger partial charge is 0.220 e. The van der Waals surface area contributed by atoms with Gasteiger partial charge in [0, 0.05) is 11.9 Å². The first-order valence-corrected chi connectivity index (χ1v) is 7.07. The molecule has 2 N–H and O–H groups in total. The second-order valence-electron chi connectivity index (χ2n) is 5.41. The summed E-state index contributed by atoms with van der Waals surface area (Å²) < 4.78 is 1.69. The Morgan fingerprint density at radius 1 is 1.27 bits per heavy atom. The Hall–Kier alpha value is -2.83. The number of nitrogens with zero attached hydrogens (tertiary/aromatic N) is 6. The quantitative estimate of drug-likeness (QED) is 0.789. The van der Waals surface area contributed by atoms with E-state index in [1.807, 2.05) is 18.2 Å². The maximum absolute atomic E-state index is 5.84. The molecule has 7 heteroatoms. The van der Waals surface area contributed by atoms with Gasteiger partial charge in [0.2, 0.25) is 5.95 Å². The van der Waals surface area contributed by atoms with Crippen molar-refractivity contribution in [3.05, 3.63) is 42.6 Å². The molecule has 112 valence electrons. The molecule has 3 heterocycles. The summed E-state index contributed by atoms with van der Waals surface area (Å²) in [4.78, 5) is 17.0. The molecule has 3 aromatic rings. The molecule has 0 aliphatic carbocycles. The van der Waals surface area contributed by atoms with Gasteiger partial charge < -0.3 is 5.73 Å². The number of nitrogens with two attached hydrogens (primary N) is 1. The minimum absolute atomic E-state index is 0.244. The number of pyridine rings is 1. The standard InChI is InChI=1S/C15H17N7/c1-10(2)6-11-7-13(21-15(16)20-11)14-18-9-19-22(14)12-4-3-5-17-8-12/h3-5,7-10H,6H2,1-2H3,(H2,16,20,21). The molecule has 0 saturated heterocycles. The van der Waals surface area contributed by atoms with Crippen LogP contribution in [0.25, 0.3) is 17.2 Å². The van der Waals surface area contributed by atoms with E-state index in [1.165, 1.54) is 6.33 Å². The van der Waals surface area contributed by atoms with Gasteiger partial charge in [0.25, 0.3) is 0 Å². The van der Waals surface area contributed by atoms with Crippen LogP contribution in [-0.4, -0.2) is 29.7 Å². The van der Waals surface area contributed by atoms with Gasteiger partial charge in [-0.25, -0.2) is 19.6 Å². The van der Waals surface area contributed by atoms with Gasteiger partial charge >= 0.3 is 0 Å². The number of hydrogen-bond donors (Lipinski definition) is 1. The number of rotatable bonds is 4. The summed E-state index contributed by atoms with van der Waals surface area (Å²) in [6.07, 6.45) is 5.75. The third-order valence-corrected chi connectivity index (χ3v) is 3.08. The highest BCUT2D eigenvalue weighted by Crippen LogP contribution is 2.20. The van der Waals surface area contributed by atoms with Gasteiger partial charge in [-0.3, -0.25) is 4.98 Å². The van der Waals surface area contributed by atoms with Crippen LogP contribution in [0.15, 0.2) is 36.9 Å². The van der Waals surface area contributed by atoms with Crippen LogP contribution in [0.5, 0.6) is 0 Å². The lowest BCUT2D eigenvalue weighted by Gasteiger charge is -2.08. The first kappa shape index (κ1) is 14.1. The number of hydrogen-bond acceptors (Lipinski definition) is 6. The molecular formula is C15H17N7. The van der Waals surface area contributed by atoms with E-state index in [1.54, 1.807) is 17.1 Å². The fourth-order valence-corrected chi connectivity index (χ4v) is 2.24. The van der Waals surface area contributed by atoms with Gasteiger partial charge in [0.05, 0.1) is 11.9 Å². The third kappa shape index (κ3) is 2.93. The van der Waals surface area contributed by atoms with Crippen LogP contribution < -0.4 is 5.73 Å². The Labute approximate surface area is 128 Å². The summed E-state index contributed by atoms with van der Waals surface area (Å²) in [5.74, 6) is 1.35. The molecule has 3 rings (SSSR count). The summed E-state index contributed by atoms with van der Waals surface area (Å²) in [5.41, 5.74) is 8.21. The van der Waals surface area contributed by atoms with Crippen LogP contribution in [0.3, 0.4) is 0 Å². The lowest BCUT2D eigenvalue weighted by Crippen LogP contribution is -2.06. The lowest BCUT2D eigenvalue weighted by molar-refractivity contribution is 0.635. The van der Waals surface area contributed by atoms with Gasteiger partial charge in [0.15, 0.2) is 5.82 Å². The Balaban J connectivity index is 2.06. The van der Waals surface area contributed by atoms with E-state index >= 15 is 0 Å². The van der Waals surface area contributed by atoms with Gasteiger partial charge in [-0.05, 0) is 30.5 Å². The predicted molar refractivity (Wildman–Crippen MR) is 83.1 cm³/mol. The number of nitrogen functional groups attached to an aromatic ring is 1. The summed E-state index contributed by atoms with van der Waals surface area (Å²) >= 11 is 0. The average molecular weight is 295 g/mol. The molecule has 0 bridgehead atoms. The maximum atomic E-state index is 5.84. The van der Waals surface area contributed by atoms with E-state index in [9.17, 15) is 0 Å². The van der Waals surface area contributed by atoms with Crippen LogP contribution >= 0.6 is 0 Å². The maximum Gasteiger partial charge on any atom is 0.220 e. The van der Waals surface area contributed by atoms with Crippen molar-refractivity contribution in [1.82, 2.24) is 29.7 Å². The first-order chi connectivity index (χ1) is 10.6. The third-order valence-electron chi connectivity index (χ3n) is 3.08. The molecule has 0 fully saturated rings. The van der Waals surface area contributed by atoms with Gasteiger partial charge in [0.1, 0.15) is 12.0 Å². The first-order valence-electron chi connectivity index (χ1n) is 7.07. The van der Waals surface area contributed by atoms with Crippen LogP contribution in [0, 0.1) is 5.92 Å². The van der Waals surface area contributed by atoms with Crippen molar-refractivity contribution in [2.45, 2.75) is 20.3 Å². The highest BCUT2D eigenvalue weighted by atomic mass is 15.3. The lowest BCUT2D eigenvalue weighted by atomic mass is 10.1. The number of aromatic nitrogens is 6. The zero-order valence-electron chi connectivity index (χ0n) is 12.5. The van der Waals surface area contributed by atoms with Crippen molar-refractivity contribution in [2.24, 2.45) is 5.92 Å². The monoisotopic (exact) mass is 295 g/mol. The molecule has 0 aliphatic rings. The topological polar surface area (TPSA) is 95.4 Å². The molecule has 0 aliphatic heterocycles. The Kier molecular flexibility index (Phi) is 3.78. The van der Waals surface area contributed by atoms with Crippen LogP contribution in [0.2, 0.25) is 0 Å². The van der Waals surface area contributed by atoms with E-state index in [0.717, 1.165) is 17.8 Å². The van der Waals surface area contributed by atoms with Crippen molar-refractivity contribution in [3.63, 3.8) is 0 Å². The molecule has 0 saturated carbocycles. The van der Waals surface area contributed by atoms with E-state index < -0.39 is 0 Å². The SMILES string of the molecule is CC(C)Cc1cc(-c2ncnn2-c2cccnc2)nc(N)n1. The largest absolute Gasteiger partial charge is 0.368 e. The molecule has 0 unspecified atom stereocenters. The Bertz CT molecular complexity index is 765. The summed E-state index contributed by atoms with van der Waals surface area (Å²) in [6, 6.07) is 5.66. The van der Waals surface area contributed by atoms with Crippen molar-refractivity contribution in [1.29, 1.82) is 0 Å². The normalized spacial score (nSPS) is 11.0. The molecular weight excluding hydrogens is 278 g/mol. The highest BCUT2D eigenvalue weighted by molar-refractivity contribution is 5.54. The van der Waals surface area contributed by atoms with Crippen molar-refractivity contribution in [3.8, 4) is 17.2 Å². The van der Waals surface area contributed by atoms with Crippen LogP contribution in [0.1, 0.15) is 19.5 Å². The van der Waals surface area contributed by atoms with E-state index in [-0.39, 0.29) is 5.95 Å². The average Bonchev–Trinajstić information content (AvgIpc) is 2.96. The molecule has 3 aromatic heterocycles. The summed E-state index contributed by atoms with van der Waals surface area (Å²) in [6.45, 7) is 4.27. The van der Waals surface area contributed by atoms with Crippen LogP contribution in [-0.2, 0) is 6.42 Å². The van der Waals surface area contributed by atoms with Crippen molar-refractivity contribution >= 4 is 5.95 Å². The molecule has 0 radical (unpaired) electrons. The van der Waals surface area contributed by atoms with E-state index in [4.69, 9.17) is 5.73 Å². The zero-order valence-corrected chi connectivity index (χ0v) is 12.5. The fraction of sp³-hybridized carbons (Fsp3) is 0.267. The molecule has 0 atom stereocenters. The number of anilines is 1. The molecule has 0 amide bonds. The second kappa shape index (κ2) is 5.88. The Morgan fingerprint density at radius 2 is 2.14 bits per heavy atom.